The number of hydrogen-bond acceptors (Lipinski definition) is 2. The maximum absolute atomic E-state index is 13.2. The fraction of sp³-hybridized carbons (Fsp3) is 0.0714. The molecule has 2 nitrogen and oxygen atoms in total. The van der Waals surface area contributed by atoms with E-state index < -0.39 is 5.82 Å². The molecule has 0 unspecified atom stereocenters. The van der Waals surface area contributed by atoms with Crippen LogP contribution in [-0.4, -0.2) is 0 Å². The zero-order valence-electron chi connectivity index (χ0n) is 9.67. The van der Waals surface area contributed by atoms with E-state index in [9.17, 15) is 8.78 Å². The summed E-state index contributed by atoms with van der Waals surface area (Å²) in [5.74, 6) is -0.784. The molecule has 0 saturated heterocycles. The fourth-order valence-corrected chi connectivity index (χ4v) is 1.62. The summed E-state index contributed by atoms with van der Waals surface area (Å²) in [5, 5.41) is 11.7. The third kappa shape index (κ3) is 2.64. The van der Waals surface area contributed by atoms with Gasteiger partial charge in [0.25, 0.3) is 0 Å². The number of halogens is 2. The molecule has 2 aromatic carbocycles. The second kappa shape index (κ2) is 4.84. The second-order valence-electron chi connectivity index (χ2n) is 3.93. The first-order valence-corrected chi connectivity index (χ1v) is 5.32. The van der Waals surface area contributed by atoms with Crippen LogP contribution in [0.2, 0.25) is 0 Å². The summed E-state index contributed by atoms with van der Waals surface area (Å²) in [6.45, 7) is 1.65. The standard InChI is InChI=1S/C14H10F2N2/c1-9-4-12(2-3-14(9)16)18-13-6-10(8-17)5-11(15)7-13/h2-7,18H,1H3. The highest BCUT2D eigenvalue weighted by atomic mass is 19.1. The topological polar surface area (TPSA) is 35.8 Å². The Morgan fingerprint density at radius 1 is 1.06 bits per heavy atom. The third-order valence-corrected chi connectivity index (χ3v) is 2.47. The van der Waals surface area contributed by atoms with Crippen LogP contribution in [0.4, 0.5) is 20.2 Å². The largest absolute Gasteiger partial charge is 0.355 e. The summed E-state index contributed by atoms with van der Waals surface area (Å²) in [6, 6.07) is 10.3. The summed E-state index contributed by atoms with van der Waals surface area (Å²) < 4.78 is 26.3. The first-order chi connectivity index (χ1) is 8.58. The van der Waals surface area contributed by atoms with Crippen LogP contribution in [0, 0.1) is 29.9 Å². The van der Waals surface area contributed by atoms with Crippen LogP contribution in [0.1, 0.15) is 11.1 Å². The van der Waals surface area contributed by atoms with E-state index in [0.717, 1.165) is 6.07 Å². The average Bonchev–Trinajstić information content (AvgIpc) is 2.33. The molecule has 0 bridgehead atoms. The molecule has 4 heteroatoms. The van der Waals surface area contributed by atoms with Crippen LogP contribution >= 0.6 is 0 Å². The highest BCUT2D eigenvalue weighted by Gasteiger charge is 2.03. The molecule has 18 heavy (non-hydrogen) atoms. The number of nitrogens with zero attached hydrogens (tertiary/aromatic N) is 1. The molecule has 0 atom stereocenters. The van der Waals surface area contributed by atoms with E-state index in [1.165, 1.54) is 18.2 Å². The molecule has 0 fully saturated rings. The first-order valence-electron chi connectivity index (χ1n) is 5.32. The van der Waals surface area contributed by atoms with Gasteiger partial charge in [0, 0.05) is 11.4 Å². The van der Waals surface area contributed by atoms with Crippen LogP contribution in [0.25, 0.3) is 0 Å². The van der Waals surface area contributed by atoms with E-state index in [1.54, 1.807) is 19.1 Å². The summed E-state index contributed by atoms with van der Waals surface area (Å²) in [4.78, 5) is 0. The maximum atomic E-state index is 13.2. The van der Waals surface area contributed by atoms with Gasteiger partial charge in [0.1, 0.15) is 11.6 Å². The SMILES string of the molecule is Cc1cc(Nc2cc(F)cc(C#N)c2)ccc1F. The number of rotatable bonds is 2. The van der Waals surface area contributed by atoms with Crippen molar-refractivity contribution in [3.8, 4) is 6.07 Å². The molecule has 2 aromatic rings. The Morgan fingerprint density at radius 2 is 1.83 bits per heavy atom. The van der Waals surface area contributed by atoms with Gasteiger partial charge >= 0.3 is 0 Å². The summed E-state index contributed by atoms with van der Waals surface area (Å²) >= 11 is 0. The molecule has 2 rings (SSSR count). The van der Waals surface area contributed by atoms with E-state index in [1.807, 2.05) is 6.07 Å². The molecule has 0 aromatic heterocycles. The number of aryl methyl sites for hydroxylation is 1. The van der Waals surface area contributed by atoms with Gasteiger partial charge in [-0.05, 0) is 48.9 Å². The van der Waals surface area contributed by atoms with Crippen LogP contribution in [0.3, 0.4) is 0 Å². The summed E-state index contributed by atoms with van der Waals surface area (Å²) in [6.07, 6.45) is 0. The average molecular weight is 244 g/mol. The molecule has 0 aliphatic heterocycles. The summed E-state index contributed by atoms with van der Waals surface area (Å²) in [5.41, 5.74) is 1.83. The molecule has 90 valence electrons. The number of anilines is 2. The van der Waals surface area contributed by atoms with Gasteiger partial charge in [0.15, 0.2) is 0 Å². The molecular weight excluding hydrogens is 234 g/mol. The van der Waals surface area contributed by atoms with Gasteiger partial charge in [-0.25, -0.2) is 8.78 Å². The number of nitrogens with one attached hydrogen (secondary N) is 1. The lowest BCUT2D eigenvalue weighted by Gasteiger charge is -2.08. The predicted octanol–water partition coefficient (Wildman–Crippen LogP) is 3.89. The molecule has 0 radical (unpaired) electrons. The minimum Gasteiger partial charge on any atom is -0.355 e. The fourth-order valence-electron chi connectivity index (χ4n) is 1.62. The van der Waals surface area contributed by atoms with Gasteiger partial charge in [0.05, 0.1) is 11.6 Å². The lowest BCUT2D eigenvalue weighted by Crippen LogP contribution is -1.94. The minimum atomic E-state index is -0.490. The van der Waals surface area contributed by atoms with E-state index in [0.29, 0.717) is 16.9 Å². The Balaban J connectivity index is 2.31. The van der Waals surface area contributed by atoms with Crippen molar-refractivity contribution in [3.05, 3.63) is 59.2 Å². The Morgan fingerprint density at radius 3 is 2.50 bits per heavy atom. The van der Waals surface area contributed by atoms with Crippen molar-refractivity contribution in [3.63, 3.8) is 0 Å². The van der Waals surface area contributed by atoms with Crippen molar-refractivity contribution in [1.82, 2.24) is 0 Å². The normalized spacial score (nSPS) is 9.89. The highest BCUT2D eigenvalue weighted by molar-refractivity contribution is 5.62. The lowest BCUT2D eigenvalue weighted by molar-refractivity contribution is 0.618. The van der Waals surface area contributed by atoms with Gasteiger partial charge < -0.3 is 5.32 Å². The van der Waals surface area contributed by atoms with E-state index in [2.05, 4.69) is 5.32 Å². The molecular formula is C14H10F2N2. The third-order valence-electron chi connectivity index (χ3n) is 2.47. The van der Waals surface area contributed by atoms with Gasteiger partial charge in [0.2, 0.25) is 0 Å². The zero-order valence-corrected chi connectivity index (χ0v) is 9.67. The number of benzene rings is 2. The molecule has 0 heterocycles. The van der Waals surface area contributed by atoms with Crippen molar-refractivity contribution < 1.29 is 8.78 Å². The molecule has 0 aliphatic rings. The van der Waals surface area contributed by atoms with E-state index >= 15 is 0 Å². The maximum Gasteiger partial charge on any atom is 0.126 e. The van der Waals surface area contributed by atoms with Crippen molar-refractivity contribution in [2.75, 3.05) is 5.32 Å². The predicted molar refractivity (Wildman–Crippen MR) is 65.5 cm³/mol. The Labute approximate surface area is 103 Å². The first kappa shape index (κ1) is 12.1. The number of nitriles is 1. The zero-order chi connectivity index (χ0) is 13.1. The van der Waals surface area contributed by atoms with Gasteiger partial charge in [-0.15, -0.1) is 0 Å². The Hall–Kier alpha value is -2.41. The summed E-state index contributed by atoms with van der Waals surface area (Å²) in [7, 11) is 0. The van der Waals surface area contributed by atoms with Crippen molar-refractivity contribution in [2.24, 2.45) is 0 Å². The van der Waals surface area contributed by atoms with Crippen molar-refractivity contribution in [1.29, 1.82) is 5.26 Å². The van der Waals surface area contributed by atoms with Crippen LogP contribution in [0.5, 0.6) is 0 Å². The Kier molecular flexibility index (Phi) is 3.24. The van der Waals surface area contributed by atoms with E-state index in [4.69, 9.17) is 5.26 Å². The van der Waals surface area contributed by atoms with Crippen LogP contribution < -0.4 is 5.32 Å². The second-order valence-corrected chi connectivity index (χ2v) is 3.93. The molecule has 1 N–H and O–H groups in total. The van der Waals surface area contributed by atoms with E-state index in [-0.39, 0.29) is 11.4 Å². The Bertz CT molecular complexity index is 630. The van der Waals surface area contributed by atoms with Gasteiger partial charge in [-0.3, -0.25) is 0 Å². The molecule has 0 saturated carbocycles. The monoisotopic (exact) mass is 244 g/mol. The molecule has 0 spiro atoms. The highest BCUT2D eigenvalue weighted by Crippen LogP contribution is 2.21. The number of hydrogen-bond donors (Lipinski definition) is 1. The van der Waals surface area contributed by atoms with Gasteiger partial charge in [-0.2, -0.15) is 5.26 Å². The van der Waals surface area contributed by atoms with Gasteiger partial charge in [-0.1, -0.05) is 0 Å². The minimum absolute atomic E-state index is 0.233. The quantitative estimate of drug-likeness (QED) is 0.869. The van der Waals surface area contributed by atoms with Crippen molar-refractivity contribution in [2.45, 2.75) is 6.92 Å². The molecule has 0 aliphatic carbocycles. The van der Waals surface area contributed by atoms with Crippen LogP contribution in [-0.2, 0) is 0 Å². The van der Waals surface area contributed by atoms with Crippen molar-refractivity contribution >= 4 is 11.4 Å². The smallest absolute Gasteiger partial charge is 0.126 e. The lowest BCUT2D eigenvalue weighted by atomic mass is 10.2. The molecule has 0 amide bonds. The van der Waals surface area contributed by atoms with Crippen LogP contribution in [0.15, 0.2) is 36.4 Å².